The lowest BCUT2D eigenvalue weighted by molar-refractivity contribution is 0.102. The maximum Gasteiger partial charge on any atom is 0.257 e. The fourth-order valence-corrected chi connectivity index (χ4v) is 4.00. The van der Waals surface area contributed by atoms with Crippen LogP contribution in [0.5, 0.6) is 0 Å². The van der Waals surface area contributed by atoms with E-state index in [1.54, 1.807) is 38.1 Å². The van der Waals surface area contributed by atoms with E-state index in [2.05, 4.69) is 20.3 Å². The zero-order valence-electron chi connectivity index (χ0n) is 12.0. The number of aryl methyl sites for hydroxylation is 1. The Labute approximate surface area is 126 Å². The van der Waals surface area contributed by atoms with Crippen LogP contribution in [-0.4, -0.2) is 30.4 Å². The topological polar surface area (TPSA) is 102 Å². The van der Waals surface area contributed by atoms with E-state index in [1.165, 1.54) is 0 Å². The van der Waals surface area contributed by atoms with E-state index in [0.29, 0.717) is 16.8 Å². The zero-order chi connectivity index (χ0) is 15.9. The summed E-state index contributed by atoms with van der Waals surface area (Å²) in [5, 5.41) is 9.72. The van der Waals surface area contributed by atoms with E-state index < -0.39 is 15.7 Å². The molecule has 22 heavy (non-hydrogen) atoms. The number of sulfone groups is 1. The molecule has 1 N–H and O–H groups in total. The molecule has 2 aromatic rings. The Balaban J connectivity index is 2.05. The molecular formula is C14H13N3O4S. The second-order valence-electron chi connectivity index (χ2n) is 4.99. The van der Waals surface area contributed by atoms with E-state index in [9.17, 15) is 13.2 Å². The van der Waals surface area contributed by atoms with Gasteiger partial charge < -0.3 is 5.32 Å². The van der Waals surface area contributed by atoms with Gasteiger partial charge in [-0.15, -0.1) is 0 Å². The number of hydrogen-bond acceptors (Lipinski definition) is 6. The summed E-state index contributed by atoms with van der Waals surface area (Å²) in [6, 6.07) is 3.22. The number of rotatable bonds is 2. The molecule has 0 bridgehead atoms. The molecule has 1 aliphatic heterocycles. The molecule has 3 rings (SSSR count). The van der Waals surface area contributed by atoms with E-state index in [-0.39, 0.29) is 22.0 Å². The van der Waals surface area contributed by atoms with Gasteiger partial charge in [0.1, 0.15) is 5.69 Å². The minimum Gasteiger partial charge on any atom is -0.302 e. The van der Waals surface area contributed by atoms with Crippen molar-refractivity contribution < 1.29 is 17.8 Å². The summed E-state index contributed by atoms with van der Waals surface area (Å²) < 4.78 is 29.0. The van der Waals surface area contributed by atoms with E-state index in [4.69, 9.17) is 0 Å². The van der Waals surface area contributed by atoms with Gasteiger partial charge >= 0.3 is 0 Å². The highest BCUT2D eigenvalue weighted by molar-refractivity contribution is 7.91. The van der Waals surface area contributed by atoms with E-state index >= 15 is 0 Å². The fourth-order valence-electron chi connectivity index (χ4n) is 2.41. The molecule has 0 radical (unpaired) electrons. The zero-order valence-corrected chi connectivity index (χ0v) is 12.8. The van der Waals surface area contributed by atoms with Gasteiger partial charge in [-0.1, -0.05) is 23.4 Å². The number of nitrogens with one attached hydrogen (secondary N) is 1. The van der Waals surface area contributed by atoms with Gasteiger partial charge in [0, 0.05) is 5.56 Å². The highest BCUT2D eigenvalue weighted by Crippen LogP contribution is 2.29. The minimum absolute atomic E-state index is 0.0573. The van der Waals surface area contributed by atoms with E-state index in [0.717, 1.165) is 0 Å². The number of fused-ring (bicyclic) bond motifs is 1. The van der Waals surface area contributed by atoms with Crippen LogP contribution in [0.1, 0.15) is 27.2 Å². The van der Waals surface area contributed by atoms with Gasteiger partial charge in [0.25, 0.3) is 5.91 Å². The third-order valence-corrected chi connectivity index (χ3v) is 5.28. The van der Waals surface area contributed by atoms with Crippen molar-refractivity contribution in [2.24, 2.45) is 0 Å². The lowest BCUT2D eigenvalue weighted by Crippen LogP contribution is -2.18. The smallest absolute Gasteiger partial charge is 0.257 e. The van der Waals surface area contributed by atoms with Gasteiger partial charge in [-0.3, -0.25) is 4.79 Å². The Hall–Kier alpha value is -2.48. The average Bonchev–Trinajstić information content (AvgIpc) is 2.83. The number of aromatic nitrogens is 2. The standard InChI is InChI=1S/C14H13N3O4S/c1-8-11(14(18)15-13-9(2)16-21-17-13)6-5-10-4-3-7-22(19,20)12(8)10/h3-6H,7H2,1-2H3,(H,15,17,18). The van der Waals surface area contributed by atoms with Crippen molar-refractivity contribution >= 4 is 27.6 Å². The normalized spacial score (nSPS) is 15.4. The molecule has 0 fully saturated rings. The highest BCUT2D eigenvalue weighted by atomic mass is 32.2. The summed E-state index contributed by atoms with van der Waals surface area (Å²) in [4.78, 5) is 12.6. The summed E-state index contributed by atoms with van der Waals surface area (Å²) in [5.41, 5.74) is 1.74. The number of hydrogen-bond donors (Lipinski definition) is 1. The third kappa shape index (κ3) is 2.31. The van der Waals surface area contributed by atoms with Gasteiger partial charge in [0.05, 0.1) is 10.6 Å². The summed E-state index contributed by atoms with van der Waals surface area (Å²) in [7, 11) is -3.41. The first-order valence-corrected chi connectivity index (χ1v) is 8.19. The molecule has 0 aliphatic carbocycles. The molecular weight excluding hydrogens is 306 g/mol. The van der Waals surface area contributed by atoms with Gasteiger partial charge in [-0.25, -0.2) is 13.0 Å². The third-order valence-electron chi connectivity index (χ3n) is 3.49. The Bertz CT molecular complexity index is 897. The molecule has 7 nitrogen and oxygen atoms in total. The Morgan fingerprint density at radius 1 is 1.27 bits per heavy atom. The molecule has 8 heteroatoms. The number of anilines is 1. The van der Waals surface area contributed by atoms with Crippen molar-refractivity contribution in [2.75, 3.05) is 11.1 Å². The molecule has 0 spiro atoms. The Kier molecular flexibility index (Phi) is 3.32. The minimum atomic E-state index is -3.41. The molecule has 1 aliphatic rings. The first-order chi connectivity index (χ1) is 10.4. The van der Waals surface area contributed by atoms with Crippen molar-refractivity contribution in [2.45, 2.75) is 18.7 Å². The van der Waals surface area contributed by atoms with Crippen LogP contribution in [0.4, 0.5) is 5.82 Å². The van der Waals surface area contributed by atoms with Crippen LogP contribution in [-0.2, 0) is 9.84 Å². The summed E-state index contributed by atoms with van der Waals surface area (Å²) >= 11 is 0. The van der Waals surface area contributed by atoms with Gasteiger partial charge in [-0.2, -0.15) is 0 Å². The molecule has 1 amide bonds. The van der Waals surface area contributed by atoms with Crippen molar-refractivity contribution in [3.8, 4) is 0 Å². The van der Waals surface area contributed by atoms with Crippen molar-refractivity contribution in [3.05, 3.63) is 40.6 Å². The van der Waals surface area contributed by atoms with Gasteiger partial charge in [0.15, 0.2) is 9.84 Å². The molecule has 2 heterocycles. The lowest BCUT2D eigenvalue weighted by Gasteiger charge is -2.16. The average molecular weight is 319 g/mol. The van der Waals surface area contributed by atoms with Crippen molar-refractivity contribution in [1.29, 1.82) is 0 Å². The van der Waals surface area contributed by atoms with Crippen molar-refractivity contribution in [3.63, 3.8) is 0 Å². The molecule has 0 unspecified atom stereocenters. The van der Waals surface area contributed by atoms with Crippen LogP contribution < -0.4 is 5.32 Å². The van der Waals surface area contributed by atoms with Crippen LogP contribution in [0.3, 0.4) is 0 Å². The number of carbonyl (C=O) groups excluding carboxylic acids is 1. The predicted octanol–water partition coefficient (Wildman–Crippen LogP) is 1.74. The van der Waals surface area contributed by atoms with E-state index in [1.807, 2.05) is 0 Å². The second kappa shape index (κ2) is 5.06. The Morgan fingerprint density at radius 2 is 2.05 bits per heavy atom. The Morgan fingerprint density at radius 3 is 2.73 bits per heavy atom. The van der Waals surface area contributed by atoms with Crippen LogP contribution >= 0.6 is 0 Å². The SMILES string of the molecule is Cc1nonc1NC(=O)c1ccc2c(c1C)S(=O)(=O)CC=C2. The maximum absolute atomic E-state index is 12.3. The molecule has 1 aromatic carbocycles. The predicted molar refractivity (Wildman–Crippen MR) is 79.3 cm³/mol. The lowest BCUT2D eigenvalue weighted by atomic mass is 10.0. The number of nitrogens with zero attached hydrogens (tertiary/aromatic N) is 2. The number of amides is 1. The molecule has 114 valence electrons. The summed E-state index contributed by atoms with van der Waals surface area (Å²) in [6.07, 6.45) is 3.35. The monoisotopic (exact) mass is 319 g/mol. The molecule has 0 atom stereocenters. The first kappa shape index (κ1) is 14.5. The molecule has 0 saturated heterocycles. The second-order valence-corrected chi connectivity index (χ2v) is 6.96. The number of benzene rings is 1. The van der Waals surface area contributed by atoms with Crippen LogP contribution in [0.2, 0.25) is 0 Å². The van der Waals surface area contributed by atoms with Gasteiger partial charge in [-0.05, 0) is 36.2 Å². The fraction of sp³-hybridized carbons (Fsp3) is 0.214. The molecule has 1 aromatic heterocycles. The molecule has 0 saturated carbocycles. The van der Waals surface area contributed by atoms with Gasteiger partial charge in [0.2, 0.25) is 5.82 Å². The quantitative estimate of drug-likeness (QED) is 0.904. The van der Waals surface area contributed by atoms with Crippen LogP contribution in [0, 0.1) is 13.8 Å². The highest BCUT2D eigenvalue weighted by Gasteiger charge is 2.26. The van der Waals surface area contributed by atoms with Crippen molar-refractivity contribution in [1.82, 2.24) is 10.3 Å². The van der Waals surface area contributed by atoms with Crippen LogP contribution in [0.25, 0.3) is 6.08 Å². The maximum atomic E-state index is 12.3. The summed E-state index contributed by atoms with van der Waals surface area (Å²) in [5.74, 6) is -0.299. The van der Waals surface area contributed by atoms with Crippen LogP contribution in [0.15, 0.2) is 27.7 Å². The largest absolute Gasteiger partial charge is 0.302 e. The first-order valence-electron chi connectivity index (χ1n) is 6.53. The summed E-state index contributed by atoms with van der Waals surface area (Å²) in [6.45, 7) is 3.26. The number of carbonyl (C=O) groups is 1.